The van der Waals surface area contributed by atoms with Gasteiger partial charge >= 0.3 is 0 Å². The summed E-state index contributed by atoms with van der Waals surface area (Å²) in [6, 6.07) is 6.97. The summed E-state index contributed by atoms with van der Waals surface area (Å²) < 4.78 is 5.33. The highest BCUT2D eigenvalue weighted by molar-refractivity contribution is 5.98. The standard InChI is InChI=1S/C19H26N4O4/c1-14(24)20-16-3-2-4-17(12-16)21-19(26)15-11-18(25)23(13-15)6-5-22-7-9-27-10-8-22/h2-4,12,15H,5-11,13H2,1H3,(H,20,24)(H,21,26). The van der Waals surface area contributed by atoms with Crippen molar-refractivity contribution < 1.29 is 19.1 Å². The maximum Gasteiger partial charge on any atom is 0.229 e. The minimum Gasteiger partial charge on any atom is -0.379 e. The topological polar surface area (TPSA) is 91.0 Å². The molecule has 2 saturated heterocycles. The second kappa shape index (κ2) is 8.96. The first-order valence-electron chi connectivity index (χ1n) is 9.27. The number of hydrogen-bond donors (Lipinski definition) is 2. The summed E-state index contributed by atoms with van der Waals surface area (Å²) in [5, 5.41) is 5.53. The Morgan fingerprint density at radius 3 is 2.56 bits per heavy atom. The fourth-order valence-corrected chi connectivity index (χ4v) is 3.37. The second-order valence-corrected chi connectivity index (χ2v) is 6.95. The van der Waals surface area contributed by atoms with Gasteiger partial charge in [-0.25, -0.2) is 0 Å². The van der Waals surface area contributed by atoms with Gasteiger partial charge in [-0.15, -0.1) is 0 Å². The van der Waals surface area contributed by atoms with E-state index in [2.05, 4.69) is 15.5 Å². The van der Waals surface area contributed by atoms with E-state index < -0.39 is 0 Å². The van der Waals surface area contributed by atoms with Crippen molar-refractivity contribution in [2.24, 2.45) is 5.92 Å². The van der Waals surface area contributed by atoms with Gasteiger partial charge < -0.3 is 20.3 Å². The predicted molar refractivity (Wildman–Crippen MR) is 101 cm³/mol. The van der Waals surface area contributed by atoms with Crippen LogP contribution in [0.3, 0.4) is 0 Å². The molecule has 0 radical (unpaired) electrons. The summed E-state index contributed by atoms with van der Waals surface area (Å²) in [6.07, 6.45) is 0.236. The van der Waals surface area contributed by atoms with Crippen LogP contribution in [0.2, 0.25) is 0 Å². The van der Waals surface area contributed by atoms with Crippen molar-refractivity contribution in [2.45, 2.75) is 13.3 Å². The lowest BCUT2D eigenvalue weighted by Crippen LogP contribution is -2.42. The number of benzene rings is 1. The number of carbonyl (C=O) groups excluding carboxylic acids is 3. The van der Waals surface area contributed by atoms with Crippen molar-refractivity contribution in [3.05, 3.63) is 24.3 Å². The Hall–Kier alpha value is -2.45. The van der Waals surface area contributed by atoms with E-state index in [-0.39, 0.29) is 30.1 Å². The lowest BCUT2D eigenvalue weighted by Gasteiger charge is -2.28. The van der Waals surface area contributed by atoms with E-state index >= 15 is 0 Å². The maximum absolute atomic E-state index is 12.5. The van der Waals surface area contributed by atoms with E-state index in [0.717, 1.165) is 32.8 Å². The molecule has 3 rings (SSSR count). The highest BCUT2D eigenvalue weighted by Gasteiger charge is 2.34. The molecule has 1 unspecified atom stereocenters. The van der Waals surface area contributed by atoms with Gasteiger partial charge in [0, 0.05) is 57.4 Å². The zero-order valence-electron chi connectivity index (χ0n) is 15.6. The molecule has 0 saturated carbocycles. The highest BCUT2D eigenvalue weighted by atomic mass is 16.5. The van der Waals surface area contributed by atoms with E-state index in [9.17, 15) is 14.4 Å². The lowest BCUT2D eigenvalue weighted by atomic mass is 10.1. The Labute approximate surface area is 158 Å². The van der Waals surface area contributed by atoms with E-state index in [0.29, 0.717) is 24.5 Å². The van der Waals surface area contributed by atoms with Crippen LogP contribution in [0.1, 0.15) is 13.3 Å². The molecule has 8 nitrogen and oxygen atoms in total. The SMILES string of the molecule is CC(=O)Nc1cccc(NC(=O)C2CC(=O)N(CCN3CCOCC3)C2)c1. The average Bonchev–Trinajstić information content (AvgIpc) is 3.01. The van der Waals surface area contributed by atoms with Gasteiger partial charge in [0.25, 0.3) is 0 Å². The fourth-order valence-electron chi connectivity index (χ4n) is 3.37. The van der Waals surface area contributed by atoms with Crippen molar-refractivity contribution >= 4 is 29.1 Å². The first-order chi connectivity index (χ1) is 13.0. The number of nitrogens with one attached hydrogen (secondary N) is 2. The summed E-state index contributed by atoms with van der Waals surface area (Å²) in [7, 11) is 0. The third-order valence-corrected chi connectivity index (χ3v) is 4.83. The number of hydrogen-bond acceptors (Lipinski definition) is 5. The second-order valence-electron chi connectivity index (χ2n) is 6.95. The number of morpholine rings is 1. The lowest BCUT2D eigenvalue weighted by molar-refractivity contribution is -0.128. The summed E-state index contributed by atoms with van der Waals surface area (Å²) in [5.74, 6) is -0.671. The number of carbonyl (C=O) groups is 3. The van der Waals surface area contributed by atoms with Crippen LogP contribution in [0.5, 0.6) is 0 Å². The monoisotopic (exact) mass is 374 g/mol. The fraction of sp³-hybridized carbons (Fsp3) is 0.526. The first kappa shape index (κ1) is 19.3. The van der Waals surface area contributed by atoms with Crippen molar-refractivity contribution in [3.63, 3.8) is 0 Å². The van der Waals surface area contributed by atoms with Crippen LogP contribution in [0.15, 0.2) is 24.3 Å². The molecule has 0 aliphatic carbocycles. The quantitative estimate of drug-likeness (QED) is 0.767. The van der Waals surface area contributed by atoms with Crippen LogP contribution >= 0.6 is 0 Å². The Balaban J connectivity index is 1.50. The van der Waals surface area contributed by atoms with Crippen LogP contribution in [-0.4, -0.2) is 73.5 Å². The van der Waals surface area contributed by atoms with Gasteiger partial charge in [-0.3, -0.25) is 19.3 Å². The van der Waals surface area contributed by atoms with Crippen molar-refractivity contribution in [1.29, 1.82) is 0 Å². The number of amides is 3. The molecular weight excluding hydrogens is 348 g/mol. The Bertz CT molecular complexity index is 703. The average molecular weight is 374 g/mol. The van der Waals surface area contributed by atoms with Gasteiger partial charge in [-0.2, -0.15) is 0 Å². The van der Waals surface area contributed by atoms with Gasteiger partial charge in [0.2, 0.25) is 17.7 Å². The van der Waals surface area contributed by atoms with E-state index in [1.807, 2.05) is 0 Å². The van der Waals surface area contributed by atoms with Crippen molar-refractivity contribution in [2.75, 3.05) is 56.6 Å². The normalized spacial score (nSPS) is 20.6. The summed E-state index contributed by atoms with van der Waals surface area (Å²) in [4.78, 5) is 40.0. The molecule has 27 heavy (non-hydrogen) atoms. The van der Waals surface area contributed by atoms with E-state index in [4.69, 9.17) is 4.74 Å². The molecule has 1 aromatic rings. The predicted octanol–water partition coefficient (Wildman–Crippen LogP) is 0.764. The molecule has 2 aliphatic rings. The zero-order valence-corrected chi connectivity index (χ0v) is 15.6. The molecular formula is C19H26N4O4. The number of ether oxygens (including phenoxy) is 1. The number of nitrogens with zero attached hydrogens (tertiary/aromatic N) is 2. The van der Waals surface area contributed by atoms with Crippen LogP contribution in [0.4, 0.5) is 11.4 Å². The number of rotatable bonds is 6. The third-order valence-electron chi connectivity index (χ3n) is 4.83. The molecule has 2 fully saturated rings. The van der Waals surface area contributed by atoms with Crippen LogP contribution < -0.4 is 10.6 Å². The number of likely N-dealkylation sites (tertiary alicyclic amines) is 1. The van der Waals surface area contributed by atoms with Gasteiger partial charge in [0.1, 0.15) is 0 Å². The molecule has 0 bridgehead atoms. The van der Waals surface area contributed by atoms with Gasteiger partial charge in [-0.1, -0.05) is 6.07 Å². The molecule has 2 aliphatic heterocycles. The van der Waals surface area contributed by atoms with Crippen LogP contribution in [-0.2, 0) is 19.1 Å². The molecule has 1 atom stereocenters. The zero-order chi connectivity index (χ0) is 19.2. The maximum atomic E-state index is 12.5. The van der Waals surface area contributed by atoms with Crippen molar-refractivity contribution in [3.8, 4) is 0 Å². The molecule has 0 aromatic heterocycles. The Kier molecular flexibility index (Phi) is 6.41. The van der Waals surface area contributed by atoms with Crippen LogP contribution in [0, 0.1) is 5.92 Å². The van der Waals surface area contributed by atoms with Gasteiger partial charge in [-0.05, 0) is 18.2 Å². The van der Waals surface area contributed by atoms with E-state index in [1.165, 1.54) is 6.92 Å². The minimum absolute atomic E-state index is 0.0235. The molecule has 2 heterocycles. The molecule has 1 aromatic carbocycles. The van der Waals surface area contributed by atoms with Gasteiger partial charge in [0.05, 0.1) is 19.1 Å². The minimum atomic E-state index is -0.355. The summed E-state index contributed by atoms with van der Waals surface area (Å²) in [5.41, 5.74) is 1.22. The molecule has 146 valence electrons. The molecule has 8 heteroatoms. The first-order valence-corrected chi connectivity index (χ1v) is 9.27. The Morgan fingerprint density at radius 2 is 1.85 bits per heavy atom. The third kappa shape index (κ3) is 5.51. The van der Waals surface area contributed by atoms with Crippen LogP contribution in [0.25, 0.3) is 0 Å². The molecule has 2 N–H and O–H groups in total. The summed E-state index contributed by atoms with van der Waals surface area (Å²) >= 11 is 0. The molecule has 3 amide bonds. The molecule has 0 spiro atoms. The largest absolute Gasteiger partial charge is 0.379 e. The highest BCUT2D eigenvalue weighted by Crippen LogP contribution is 2.21. The van der Waals surface area contributed by atoms with E-state index in [1.54, 1.807) is 29.2 Å². The van der Waals surface area contributed by atoms with Crippen molar-refractivity contribution in [1.82, 2.24) is 9.80 Å². The smallest absolute Gasteiger partial charge is 0.229 e. The van der Waals surface area contributed by atoms with Gasteiger partial charge in [0.15, 0.2) is 0 Å². The summed E-state index contributed by atoms with van der Waals surface area (Å²) in [6.45, 7) is 6.56. The Morgan fingerprint density at radius 1 is 1.15 bits per heavy atom. The number of anilines is 2.